The average molecular weight is 292 g/mol. The molecule has 0 aromatic carbocycles. The number of nitrogens with one attached hydrogen (secondary N) is 2. The van der Waals surface area contributed by atoms with Crippen LogP contribution in [0.1, 0.15) is 51.5 Å². The van der Waals surface area contributed by atoms with Crippen molar-refractivity contribution in [3.63, 3.8) is 0 Å². The molecule has 118 valence electrons. The van der Waals surface area contributed by atoms with Crippen LogP contribution in [0.25, 0.3) is 0 Å². The number of hydrogen-bond acceptors (Lipinski definition) is 5. The molecule has 0 saturated heterocycles. The van der Waals surface area contributed by atoms with E-state index in [0.717, 1.165) is 43.9 Å². The Balaban J connectivity index is 2.19. The summed E-state index contributed by atoms with van der Waals surface area (Å²) in [7, 11) is 0. The standard InChI is InChI=1S/C16H28N4O/c1-3-7-13-15(17-4-2)18-11-19-16(13)20-14-9-6-5-8-12(14)10-21/h11-12,14,21H,3-10H2,1-2H3,(H2,17,18,19,20). The van der Waals surface area contributed by atoms with Crippen LogP contribution in [0.3, 0.4) is 0 Å². The van der Waals surface area contributed by atoms with Crippen molar-refractivity contribution in [1.29, 1.82) is 0 Å². The van der Waals surface area contributed by atoms with Gasteiger partial charge in [0.25, 0.3) is 0 Å². The van der Waals surface area contributed by atoms with Gasteiger partial charge in [-0.2, -0.15) is 0 Å². The fraction of sp³-hybridized carbons (Fsp3) is 0.750. The minimum absolute atomic E-state index is 0.256. The summed E-state index contributed by atoms with van der Waals surface area (Å²) in [4.78, 5) is 8.83. The summed E-state index contributed by atoms with van der Waals surface area (Å²) in [5, 5.41) is 16.5. The molecule has 5 nitrogen and oxygen atoms in total. The molecule has 0 amide bonds. The monoisotopic (exact) mass is 292 g/mol. The van der Waals surface area contributed by atoms with Crippen LogP contribution >= 0.6 is 0 Å². The molecule has 1 heterocycles. The van der Waals surface area contributed by atoms with Gasteiger partial charge in [0.1, 0.15) is 18.0 Å². The second-order valence-electron chi connectivity index (χ2n) is 5.81. The van der Waals surface area contributed by atoms with Gasteiger partial charge in [0.15, 0.2) is 0 Å². The van der Waals surface area contributed by atoms with Crippen molar-refractivity contribution in [2.24, 2.45) is 5.92 Å². The molecule has 0 bridgehead atoms. The summed E-state index contributed by atoms with van der Waals surface area (Å²) < 4.78 is 0. The smallest absolute Gasteiger partial charge is 0.134 e. The molecule has 1 saturated carbocycles. The van der Waals surface area contributed by atoms with E-state index >= 15 is 0 Å². The van der Waals surface area contributed by atoms with E-state index in [1.54, 1.807) is 6.33 Å². The molecule has 21 heavy (non-hydrogen) atoms. The lowest BCUT2D eigenvalue weighted by Gasteiger charge is -2.32. The lowest BCUT2D eigenvalue weighted by Crippen LogP contribution is -2.35. The highest BCUT2D eigenvalue weighted by atomic mass is 16.3. The molecule has 0 aliphatic heterocycles. The molecule has 1 aliphatic rings. The Hall–Kier alpha value is -1.36. The highest BCUT2D eigenvalue weighted by molar-refractivity contribution is 5.57. The van der Waals surface area contributed by atoms with Crippen LogP contribution in [0.15, 0.2) is 6.33 Å². The predicted molar refractivity (Wildman–Crippen MR) is 86.6 cm³/mol. The first-order chi connectivity index (χ1) is 10.3. The first-order valence-corrected chi connectivity index (χ1v) is 8.25. The number of aliphatic hydroxyl groups is 1. The quantitative estimate of drug-likeness (QED) is 0.721. The largest absolute Gasteiger partial charge is 0.396 e. The summed E-state index contributed by atoms with van der Waals surface area (Å²) in [5.74, 6) is 2.21. The van der Waals surface area contributed by atoms with Gasteiger partial charge in [0.05, 0.1) is 0 Å². The third-order valence-corrected chi connectivity index (χ3v) is 4.26. The third-order valence-electron chi connectivity index (χ3n) is 4.26. The predicted octanol–water partition coefficient (Wildman–Crippen LogP) is 2.82. The molecule has 1 aromatic heterocycles. The summed E-state index contributed by atoms with van der Waals surface area (Å²) >= 11 is 0. The summed E-state index contributed by atoms with van der Waals surface area (Å²) in [5.41, 5.74) is 1.17. The van der Waals surface area contributed by atoms with Crippen LogP contribution in [0.2, 0.25) is 0 Å². The molecule has 1 aliphatic carbocycles. The van der Waals surface area contributed by atoms with Crippen LogP contribution < -0.4 is 10.6 Å². The molecular formula is C16H28N4O. The van der Waals surface area contributed by atoms with Crippen molar-refractivity contribution >= 4 is 11.6 Å². The number of hydrogen-bond donors (Lipinski definition) is 3. The summed E-state index contributed by atoms with van der Waals surface area (Å²) in [6.07, 6.45) is 8.30. The Morgan fingerprint density at radius 3 is 2.67 bits per heavy atom. The summed E-state index contributed by atoms with van der Waals surface area (Å²) in [6, 6.07) is 0.323. The highest BCUT2D eigenvalue weighted by Crippen LogP contribution is 2.29. The van der Waals surface area contributed by atoms with Crippen LogP contribution in [0, 0.1) is 5.92 Å². The first kappa shape index (κ1) is 16.0. The van der Waals surface area contributed by atoms with Crippen LogP contribution in [0.4, 0.5) is 11.6 Å². The van der Waals surface area contributed by atoms with E-state index in [1.165, 1.54) is 18.4 Å². The zero-order valence-corrected chi connectivity index (χ0v) is 13.2. The third kappa shape index (κ3) is 4.06. The topological polar surface area (TPSA) is 70.1 Å². The first-order valence-electron chi connectivity index (χ1n) is 8.25. The Labute approximate surface area is 127 Å². The average Bonchev–Trinajstić information content (AvgIpc) is 2.51. The van der Waals surface area contributed by atoms with Crippen molar-refractivity contribution < 1.29 is 5.11 Å². The van der Waals surface area contributed by atoms with Gasteiger partial charge < -0.3 is 15.7 Å². The molecule has 0 spiro atoms. The van der Waals surface area contributed by atoms with Crippen molar-refractivity contribution in [3.05, 3.63) is 11.9 Å². The lowest BCUT2D eigenvalue weighted by molar-refractivity contribution is 0.178. The zero-order chi connectivity index (χ0) is 15.1. The van der Waals surface area contributed by atoms with E-state index in [0.29, 0.717) is 12.0 Å². The number of rotatable bonds is 7. The molecule has 2 atom stereocenters. The molecule has 1 fully saturated rings. The minimum Gasteiger partial charge on any atom is -0.396 e. The van der Waals surface area contributed by atoms with E-state index in [-0.39, 0.29) is 6.61 Å². The molecular weight excluding hydrogens is 264 g/mol. The van der Waals surface area contributed by atoms with E-state index in [9.17, 15) is 5.11 Å². The Bertz CT molecular complexity index is 438. The Kier molecular flexibility index (Phi) is 6.23. The second-order valence-corrected chi connectivity index (χ2v) is 5.81. The number of nitrogens with zero attached hydrogens (tertiary/aromatic N) is 2. The zero-order valence-electron chi connectivity index (χ0n) is 13.2. The maximum Gasteiger partial charge on any atom is 0.134 e. The van der Waals surface area contributed by atoms with Crippen LogP contribution in [0.5, 0.6) is 0 Å². The van der Waals surface area contributed by atoms with Gasteiger partial charge in [0, 0.05) is 30.7 Å². The van der Waals surface area contributed by atoms with Crippen molar-refractivity contribution in [3.8, 4) is 0 Å². The molecule has 0 radical (unpaired) electrons. The fourth-order valence-corrected chi connectivity index (χ4v) is 3.14. The Morgan fingerprint density at radius 1 is 1.19 bits per heavy atom. The van der Waals surface area contributed by atoms with Crippen LogP contribution in [-0.2, 0) is 6.42 Å². The van der Waals surface area contributed by atoms with Crippen molar-refractivity contribution in [1.82, 2.24) is 9.97 Å². The fourth-order valence-electron chi connectivity index (χ4n) is 3.14. The van der Waals surface area contributed by atoms with E-state index < -0.39 is 0 Å². The molecule has 2 unspecified atom stereocenters. The minimum atomic E-state index is 0.256. The molecule has 5 heteroatoms. The lowest BCUT2D eigenvalue weighted by atomic mass is 9.85. The van der Waals surface area contributed by atoms with Gasteiger partial charge >= 0.3 is 0 Å². The molecule has 1 aromatic rings. The number of aromatic nitrogens is 2. The van der Waals surface area contributed by atoms with Gasteiger partial charge in [-0.25, -0.2) is 9.97 Å². The van der Waals surface area contributed by atoms with Crippen molar-refractivity contribution in [2.45, 2.75) is 58.4 Å². The van der Waals surface area contributed by atoms with Gasteiger partial charge in [-0.05, 0) is 26.2 Å². The van der Waals surface area contributed by atoms with Gasteiger partial charge in [-0.3, -0.25) is 0 Å². The van der Waals surface area contributed by atoms with E-state index in [1.807, 2.05) is 0 Å². The van der Waals surface area contributed by atoms with Gasteiger partial charge in [0.2, 0.25) is 0 Å². The molecule has 3 N–H and O–H groups in total. The number of anilines is 2. The van der Waals surface area contributed by atoms with E-state index in [2.05, 4.69) is 34.4 Å². The van der Waals surface area contributed by atoms with Gasteiger partial charge in [-0.1, -0.05) is 26.2 Å². The normalized spacial score (nSPS) is 22.0. The second kappa shape index (κ2) is 8.17. The maximum atomic E-state index is 9.57. The summed E-state index contributed by atoms with van der Waals surface area (Å²) in [6.45, 7) is 5.36. The number of aliphatic hydroxyl groups excluding tert-OH is 1. The maximum absolute atomic E-state index is 9.57. The van der Waals surface area contributed by atoms with Gasteiger partial charge in [-0.15, -0.1) is 0 Å². The van der Waals surface area contributed by atoms with Crippen molar-refractivity contribution in [2.75, 3.05) is 23.8 Å². The van der Waals surface area contributed by atoms with Crippen LogP contribution in [-0.4, -0.2) is 34.3 Å². The van der Waals surface area contributed by atoms with E-state index in [4.69, 9.17) is 0 Å². The molecule has 2 rings (SSSR count). The SMILES string of the molecule is CCCc1c(NCC)ncnc1NC1CCCCC1CO. The highest BCUT2D eigenvalue weighted by Gasteiger charge is 2.25. The Morgan fingerprint density at radius 2 is 1.95 bits per heavy atom.